The van der Waals surface area contributed by atoms with Crippen LogP contribution in [0.1, 0.15) is 18.1 Å². The van der Waals surface area contributed by atoms with Crippen molar-refractivity contribution in [3.63, 3.8) is 0 Å². The summed E-state index contributed by atoms with van der Waals surface area (Å²) in [6, 6.07) is 18.0. The largest absolute Gasteiger partial charge is 0.415 e. The number of hydrogen-bond donors (Lipinski definition) is 0. The Kier molecular flexibility index (Phi) is 7.02. The highest BCUT2D eigenvalue weighted by Gasteiger charge is 2.18. The van der Waals surface area contributed by atoms with Crippen molar-refractivity contribution in [1.29, 1.82) is 0 Å². The topological polar surface area (TPSA) is 32.8 Å². The van der Waals surface area contributed by atoms with Crippen LogP contribution in [0.4, 0.5) is 4.79 Å². The number of carbonyl (C=O) groups is 1. The summed E-state index contributed by atoms with van der Waals surface area (Å²) in [5.41, 5.74) is 2.37. The minimum absolute atomic E-state index is 0.0619. The molecule has 25 heavy (non-hydrogen) atoms. The van der Waals surface area contributed by atoms with Gasteiger partial charge in [-0.25, -0.2) is 4.79 Å². The SMILES string of the molecule is C[C@H](Cc1ccccc1)N(C)C(=O)Oc1cccc(CCN(C)C)c1. The van der Waals surface area contributed by atoms with Gasteiger partial charge in [0.05, 0.1) is 0 Å². The van der Waals surface area contributed by atoms with Crippen LogP contribution in [-0.4, -0.2) is 49.6 Å². The van der Waals surface area contributed by atoms with Crippen LogP contribution in [0.3, 0.4) is 0 Å². The lowest BCUT2D eigenvalue weighted by atomic mass is 10.1. The third-order valence-corrected chi connectivity index (χ3v) is 4.27. The second-order valence-corrected chi connectivity index (χ2v) is 6.72. The van der Waals surface area contributed by atoms with Gasteiger partial charge in [0.2, 0.25) is 0 Å². The van der Waals surface area contributed by atoms with E-state index in [2.05, 4.69) is 23.1 Å². The molecule has 134 valence electrons. The lowest BCUT2D eigenvalue weighted by Gasteiger charge is -2.24. The third kappa shape index (κ3) is 6.24. The summed E-state index contributed by atoms with van der Waals surface area (Å²) >= 11 is 0. The van der Waals surface area contributed by atoms with E-state index < -0.39 is 0 Å². The zero-order valence-electron chi connectivity index (χ0n) is 15.6. The summed E-state index contributed by atoms with van der Waals surface area (Å²) in [4.78, 5) is 16.2. The molecule has 0 bridgehead atoms. The highest BCUT2D eigenvalue weighted by molar-refractivity contribution is 5.70. The van der Waals surface area contributed by atoms with Crippen LogP contribution < -0.4 is 4.74 Å². The predicted molar refractivity (Wildman–Crippen MR) is 102 cm³/mol. The Morgan fingerprint density at radius 1 is 1.00 bits per heavy atom. The monoisotopic (exact) mass is 340 g/mol. The molecular formula is C21H28N2O2. The standard InChI is InChI=1S/C21H28N2O2/c1-17(15-18-9-6-5-7-10-18)23(4)21(24)25-20-12-8-11-19(16-20)13-14-22(2)3/h5-12,16-17H,13-15H2,1-4H3/t17-/m1/s1. The maximum atomic E-state index is 12.4. The summed E-state index contributed by atoms with van der Waals surface area (Å²) < 4.78 is 5.56. The van der Waals surface area contributed by atoms with Crippen molar-refractivity contribution >= 4 is 6.09 Å². The van der Waals surface area contributed by atoms with Crippen molar-refractivity contribution < 1.29 is 9.53 Å². The summed E-state index contributed by atoms with van der Waals surface area (Å²) in [5, 5.41) is 0. The fraction of sp³-hybridized carbons (Fsp3) is 0.381. The van der Waals surface area contributed by atoms with E-state index in [1.807, 2.05) is 57.4 Å². The van der Waals surface area contributed by atoms with Crippen molar-refractivity contribution in [3.05, 3.63) is 65.7 Å². The third-order valence-electron chi connectivity index (χ3n) is 4.27. The van der Waals surface area contributed by atoms with E-state index in [1.165, 1.54) is 11.1 Å². The molecule has 2 rings (SSSR count). The first-order chi connectivity index (χ1) is 12.0. The van der Waals surface area contributed by atoms with Crippen molar-refractivity contribution in [3.8, 4) is 5.75 Å². The molecule has 4 heteroatoms. The maximum Gasteiger partial charge on any atom is 0.415 e. The molecule has 0 saturated carbocycles. The fourth-order valence-corrected chi connectivity index (χ4v) is 2.56. The van der Waals surface area contributed by atoms with Crippen molar-refractivity contribution in [2.24, 2.45) is 0 Å². The Morgan fingerprint density at radius 2 is 1.68 bits per heavy atom. The first-order valence-electron chi connectivity index (χ1n) is 8.68. The molecule has 1 atom stereocenters. The molecule has 2 aromatic carbocycles. The smallest absolute Gasteiger partial charge is 0.410 e. The Balaban J connectivity index is 1.93. The molecule has 0 spiro atoms. The lowest BCUT2D eigenvalue weighted by Crippen LogP contribution is -2.38. The van der Waals surface area contributed by atoms with E-state index in [1.54, 1.807) is 11.9 Å². The number of amides is 1. The van der Waals surface area contributed by atoms with Crippen LogP contribution in [-0.2, 0) is 12.8 Å². The molecule has 0 unspecified atom stereocenters. The second kappa shape index (κ2) is 9.23. The Bertz CT molecular complexity index is 671. The second-order valence-electron chi connectivity index (χ2n) is 6.72. The van der Waals surface area contributed by atoms with Gasteiger partial charge < -0.3 is 14.5 Å². The first-order valence-corrected chi connectivity index (χ1v) is 8.68. The Morgan fingerprint density at radius 3 is 2.36 bits per heavy atom. The first kappa shape index (κ1) is 19.0. The minimum Gasteiger partial charge on any atom is -0.410 e. The van der Waals surface area contributed by atoms with Crippen LogP contribution in [0.25, 0.3) is 0 Å². The quantitative estimate of drug-likeness (QED) is 0.767. The summed E-state index contributed by atoms with van der Waals surface area (Å²) in [6.07, 6.45) is 1.40. The van der Waals surface area contributed by atoms with Gasteiger partial charge in [-0.1, -0.05) is 42.5 Å². The van der Waals surface area contributed by atoms with Gasteiger partial charge in [-0.15, -0.1) is 0 Å². The summed E-state index contributed by atoms with van der Waals surface area (Å²) in [5.74, 6) is 0.597. The number of likely N-dealkylation sites (N-methyl/N-ethyl adjacent to an activating group) is 2. The Hall–Kier alpha value is -2.33. The van der Waals surface area contributed by atoms with Gasteiger partial charge in [0.25, 0.3) is 0 Å². The minimum atomic E-state index is -0.326. The molecule has 0 N–H and O–H groups in total. The summed E-state index contributed by atoms with van der Waals surface area (Å²) in [7, 11) is 5.88. The van der Waals surface area contributed by atoms with E-state index in [9.17, 15) is 4.79 Å². The van der Waals surface area contributed by atoms with E-state index in [4.69, 9.17) is 4.74 Å². The van der Waals surface area contributed by atoms with E-state index in [0.29, 0.717) is 5.75 Å². The normalized spacial score (nSPS) is 12.0. The number of ether oxygens (including phenoxy) is 1. The number of hydrogen-bond acceptors (Lipinski definition) is 3. The van der Waals surface area contributed by atoms with Crippen LogP contribution in [0, 0.1) is 0 Å². The predicted octanol–water partition coefficient (Wildman–Crippen LogP) is 3.85. The van der Waals surface area contributed by atoms with E-state index >= 15 is 0 Å². The van der Waals surface area contributed by atoms with Crippen molar-refractivity contribution in [2.45, 2.75) is 25.8 Å². The van der Waals surface area contributed by atoms with Crippen LogP contribution in [0.5, 0.6) is 5.75 Å². The van der Waals surface area contributed by atoms with Crippen LogP contribution >= 0.6 is 0 Å². The average Bonchev–Trinajstić information content (AvgIpc) is 2.60. The molecule has 0 aliphatic carbocycles. The van der Waals surface area contributed by atoms with E-state index in [-0.39, 0.29) is 12.1 Å². The molecule has 0 aliphatic rings. The summed E-state index contributed by atoms with van der Waals surface area (Å²) in [6.45, 7) is 2.99. The number of benzene rings is 2. The van der Waals surface area contributed by atoms with Gasteiger partial charge in [0.15, 0.2) is 0 Å². The van der Waals surface area contributed by atoms with Crippen LogP contribution in [0.15, 0.2) is 54.6 Å². The van der Waals surface area contributed by atoms with Gasteiger partial charge >= 0.3 is 6.09 Å². The van der Waals surface area contributed by atoms with Gasteiger partial charge in [0.1, 0.15) is 5.75 Å². The van der Waals surface area contributed by atoms with E-state index in [0.717, 1.165) is 19.4 Å². The zero-order chi connectivity index (χ0) is 18.2. The van der Waals surface area contributed by atoms with Crippen LogP contribution in [0.2, 0.25) is 0 Å². The Labute approximate surface area is 151 Å². The van der Waals surface area contributed by atoms with Crippen molar-refractivity contribution in [2.75, 3.05) is 27.7 Å². The van der Waals surface area contributed by atoms with Crippen molar-refractivity contribution in [1.82, 2.24) is 9.80 Å². The molecule has 1 amide bonds. The highest BCUT2D eigenvalue weighted by atomic mass is 16.6. The van der Waals surface area contributed by atoms with Gasteiger partial charge in [-0.3, -0.25) is 0 Å². The lowest BCUT2D eigenvalue weighted by molar-refractivity contribution is 0.148. The number of carbonyl (C=O) groups excluding carboxylic acids is 1. The molecule has 0 radical (unpaired) electrons. The molecule has 0 heterocycles. The molecule has 0 aromatic heterocycles. The zero-order valence-corrected chi connectivity index (χ0v) is 15.6. The van der Waals surface area contributed by atoms with Gasteiger partial charge in [-0.05, 0) is 57.1 Å². The van der Waals surface area contributed by atoms with Gasteiger partial charge in [-0.2, -0.15) is 0 Å². The molecular weight excluding hydrogens is 312 g/mol. The highest BCUT2D eigenvalue weighted by Crippen LogP contribution is 2.16. The molecule has 0 aliphatic heterocycles. The fourth-order valence-electron chi connectivity index (χ4n) is 2.56. The molecule has 0 fully saturated rings. The molecule has 2 aromatic rings. The average molecular weight is 340 g/mol. The van der Waals surface area contributed by atoms with Gasteiger partial charge in [0, 0.05) is 19.6 Å². The maximum absolute atomic E-state index is 12.4. The molecule has 0 saturated heterocycles. The number of nitrogens with zero attached hydrogens (tertiary/aromatic N) is 2. The molecule has 4 nitrogen and oxygen atoms in total. The number of rotatable bonds is 7.